The van der Waals surface area contributed by atoms with Gasteiger partial charge in [0.15, 0.2) is 0 Å². The van der Waals surface area contributed by atoms with Crippen LogP contribution in [0.2, 0.25) is 0 Å². The van der Waals surface area contributed by atoms with Crippen molar-refractivity contribution in [3.05, 3.63) is 34.5 Å². The Hall–Kier alpha value is -1.11. The van der Waals surface area contributed by atoms with Gasteiger partial charge in [-0.25, -0.2) is 9.18 Å². The highest BCUT2D eigenvalue weighted by Gasteiger charge is 2.20. The van der Waals surface area contributed by atoms with Crippen molar-refractivity contribution in [2.45, 2.75) is 12.7 Å². The summed E-state index contributed by atoms with van der Waals surface area (Å²) >= 11 is 2.73. The van der Waals surface area contributed by atoms with Gasteiger partial charge >= 0.3 is 5.97 Å². The van der Waals surface area contributed by atoms with Crippen molar-refractivity contribution in [1.82, 2.24) is 0 Å². The van der Waals surface area contributed by atoms with Crippen LogP contribution >= 0.6 is 23.1 Å². The molecule has 20 heavy (non-hydrogen) atoms. The molecule has 3 nitrogen and oxygen atoms in total. The van der Waals surface area contributed by atoms with Crippen LogP contribution in [0, 0.1) is 11.7 Å². The van der Waals surface area contributed by atoms with E-state index in [1.54, 1.807) is 23.9 Å². The zero-order valence-corrected chi connectivity index (χ0v) is 12.7. The molecule has 2 rings (SSSR count). The number of hydrogen-bond donors (Lipinski definition) is 2. The molecule has 1 aromatic heterocycles. The number of rotatable bonds is 6. The fourth-order valence-electron chi connectivity index (χ4n) is 1.91. The first kappa shape index (κ1) is 15.3. The number of thioether (sulfide) groups is 1. The van der Waals surface area contributed by atoms with Crippen molar-refractivity contribution in [2.24, 2.45) is 11.7 Å². The van der Waals surface area contributed by atoms with Gasteiger partial charge in [0.25, 0.3) is 0 Å². The Labute approximate surface area is 125 Å². The Balaban J connectivity index is 2.34. The fourth-order valence-corrected chi connectivity index (χ4v) is 4.22. The molecule has 0 saturated heterocycles. The van der Waals surface area contributed by atoms with Crippen LogP contribution < -0.4 is 5.73 Å². The first-order valence-electron chi connectivity index (χ1n) is 6.25. The number of carboxylic acids is 1. The summed E-state index contributed by atoms with van der Waals surface area (Å²) in [6.45, 7) is 2.63. The van der Waals surface area contributed by atoms with Crippen molar-refractivity contribution in [3.8, 4) is 0 Å². The van der Waals surface area contributed by atoms with Crippen LogP contribution in [0.1, 0.15) is 22.2 Å². The molecule has 1 aromatic carbocycles. The molecule has 0 radical (unpaired) electrons. The number of hydrogen-bond acceptors (Lipinski definition) is 4. The molecular formula is C14H16FNO2S2. The summed E-state index contributed by atoms with van der Waals surface area (Å²) in [5.41, 5.74) is 6.15. The molecule has 3 N–H and O–H groups in total. The smallest absolute Gasteiger partial charge is 0.346 e. The third-order valence-corrected chi connectivity index (χ3v) is 5.49. The zero-order chi connectivity index (χ0) is 14.7. The van der Waals surface area contributed by atoms with Gasteiger partial charge in [0, 0.05) is 15.8 Å². The summed E-state index contributed by atoms with van der Waals surface area (Å²) in [6.07, 6.45) is 0. The number of halogens is 1. The number of aromatic carboxylic acids is 1. The van der Waals surface area contributed by atoms with Gasteiger partial charge in [-0.1, -0.05) is 13.0 Å². The average molecular weight is 313 g/mol. The number of thiophene rings is 1. The summed E-state index contributed by atoms with van der Waals surface area (Å²) in [7, 11) is 0. The summed E-state index contributed by atoms with van der Waals surface area (Å²) in [5.74, 6) is 0.346. The van der Waals surface area contributed by atoms with E-state index in [0.29, 0.717) is 33.9 Å². The van der Waals surface area contributed by atoms with E-state index >= 15 is 0 Å². The van der Waals surface area contributed by atoms with Crippen molar-refractivity contribution in [1.29, 1.82) is 0 Å². The van der Waals surface area contributed by atoms with Crippen molar-refractivity contribution in [3.63, 3.8) is 0 Å². The van der Waals surface area contributed by atoms with Gasteiger partial charge in [0.2, 0.25) is 0 Å². The maximum absolute atomic E-state index is 14.0. The van der Waals surface area contributed by atoms with Crippen LogP contribution in [0.5, 0.6) is 0 Å². The highest BCUT2D eigenvalue weighted by molar-refractivity contribution is 7.98. The SMILES string of the molecule is CC(CN)CSCc1c(C(=O)O)sc2cccc(F)c12. The lowest BCUT2D eigenvalue weighted by molar-refractivity contribution is 0.0701. The summed E-state index contributed by atoms with van der Waals surface area (Å²) in [6, 6.07) is 4.73. The van der Waals surface area contributed by atoms with Gasteiger partial charge in [-0.3, -0.25) is 0 Å². The summed E-state index contributed by atoms with van der Waals surface area (Å²) in [5, 5.41) is 9.72. The molecule has 0 aliphatic rings. The first-order chi connectivity index (χ1) is 9.54. The van der Waals surface area contributed by atoms with Crippen molar-refractivity contribution >= 4 is 39.2 Å². The van der Waals surface area contributed by atoms with Crippen LogP contribution in [0.4, 0.5) is 4.39 Å². The Kier molecular flexibility index (Phi) is 5.01. The highest BCUT2D eigenvalue weighted by atomic mass is 32.2. The van der Waals surface area contributed by atoms with Crippen LogP contribution in [0.15, 0.2) is 18.2 Å². The van der Waals surface area contributed by atoms with Crippen LogP contribution in [-0.4, -0.2) is 23.4 Å². The van der Waals surface area contributed by atoms with Crippen LogP contribution in [-0.2, 0) is 5.75 Å². The fraction of sp³-hybridized carbons (Fsp3) is 0.357. The predicted molar refractivity (Wildman–Crippen MR) is 83.1 cm³/mol. The maximum atomic E-state index is 14.0. The highest BCUT2D eigenvalue weighted by Crippen LogP contribution is 2.35. The number of fused-ring (bicyclic) bond motifs is 1. The number of benzene rings is 1. The minimum absolute atomic E-state index is 0.234. The van der Waals surface area contributed by atoms with E-state index in [1.807, 2.05) is 6.92 Å². The van der Waals surface area contributed by atoms with Crippen molar-refractivity contribution in [2.75, 3.05) is 12.3 Å². The second-order valence-corrected chi connectivity index (χ2v) is 6.77. The van der Waals surface area contributed by atoms with E-state index in [-0.39, 0.29) is 10.7 Å². The number of nitrogens with two attached hydrogens (primary N) is 1. The topological polar surface area (TPSA) is 63.3 Å². The van der Waals surface area contributed by atoms with Gasteiger partial charge in [-0.05, 0) is 35.9 Å². The molecule has 1 unspecified atom stereocenters. The molecule has 0 spiro atoms. The molecule has 0 aliphatic heterocycles. The van der Waals surface area contributed by atoms with Gasteiger partial charge in [-0.15, -0.1) is 11.3 Å². The van der Waals surface area contributed by atoms with Gasteiger partial charge in [0.1, 0.15) is 10.7 Å². The molecule has 6 heteroatoms. The second-order valence-electron chi connectivity index (χ2n) is 4.68. The monoisotopic (exact) mass is 313 g/mol. The standard InChI is InChI=1S/C14H16FNO2S2/c1-8(5-16)6-19-7-9-12-10(15)3-2-4-11(12)20-13(9)14(17)18/h2-4,8H,5-7,16H2,1H3,(H,17,18). The molecule has 1 atom stereocenters. The molecule has 108 valence electrons. The largest absolute Gasteiger partial charge is 0.477 e. The van der Waals surface area contributed by atoms with E-state index < -0.39 is 5.97 Å². The average Bonchev–Trinajstić information content (AvgIpc) is 2.79. The number of carboxylic acid groups (broad SMARTS) is 1. The van der Waals surface area contributed by atoms with Gasteiger partial charge in [-0.2, -0.15) is 11.8 Å². The third-order valence-electron chi connectivity index (χ3n) is 3.01. The lowest BCUT2D eigenvalue weighted by atomic mass is 10.1. The molecule has 0 fully saturated rings. The van der Waals surface area contributed by atoms with Crippen LogP contribution in [0.3, 0.4) is 0 Å². The lowest BCUT2D eigenvalue weighted by Gasteiger charge is -2.08. The Morgan fingerprint density at radius 2 is 2.30 bits per heavy atom. The van der Waals surface area contributed by atoms with E-state index in [4.69, 9.17) is 5.73 Å². The molecular weight excluding hydrogens is 297 g/mol. The van der Waals surface area contributed by atoms with E-state index in [0.717, 1.165) is 17.1 Å². The summed E-state index contributed by atoms with van der Waals surface area (Å²) in [4.78, 5) is 11.5. The minimum Gasteiger partial charge on any atom is -0.477 e. The van der Waals surface area contributed by atoms with Gasteiger partial charge < -0.3 is 10.8 Å². The molecule has 1 heterocycles. The van der Waals surface area contributed by atoms with E-state index in [1.165, 1.54) is 6.07 Å². The number of carbonyl (C=O) groups is 1. The third kappa shape index (κ3) is 3.13. The second kappa shape index (κ2) is 6.56. The Morgan fingerprint density at radius 1 is 1.55 bits per heavy atom. The molecule has 0 aliphatic carbocycles. The molecule has 0 bridgehead atoms. The zero-order valence-electron chi connectivity index (χ0n) is 11.1. The quantitative estimate of drug-likeness (QED) is 0.856. The van der Waals surface area contributed by atoms with E-state index in [9.17, 15) is 14.3 Å². The van der Waals surface area contributed by atoms with Crippen molar-refractivity contribution < 1.29 is 14.3 Å². The van der Waals surface area contributed by atoms with Gasteiger partial charge in [0.05, 0.1) is 0 Å². The summed E-state index contributed by atoms with van der Waals surface area (Å²) < 4.78 is 14.6. The molecule has 2 aromatic rings. The molecule has 0 amide bonds. The molecule has 0 saturated carbocycles. The van der Waals surface area contributed by atoms with E-state index in [2.05, 4.69) is 0 Å². The first-order valence-corrected chi connectivity index (χ1v) is 8.22. The van der Waals surface area contributed by atoms with Crippen LogP contribution in [0.25, 0.3) is 10.1 Å². The maximum Gasteiger partial charge on any atom is 0.346 e. The predicted octanol–water partition coefficient (Wildman–Crippen LogP) is 3.57. The Bertz CT molecular complexity index is 627. The minimum atomic E-state index is -0.993. The normalized spacial score (nSPS) is 12.8. The Morgan fingerprint density at radius 3 is 2.95 bits per heavy atom. The lowest BCUT2D eigenvalue weighted by Crippen LogP contribution is -2.12.